The van der Waals surface area contributed by atoms with Crippen molar-refractivity contribution in [2.75, 3.05) is 5.32 Å². The van der Waals surface area contributed by atoms with Gasteiger partial charge in [-0.2, -0.15) is 0 Å². The fourth-order valence-electron chi connectivity index (χ4n) is 4.23. The maximum Gasteiger partial charge on any atom is 0.258 e. The second-order valence-corrected chi connectivity index (χ2v) is 14.1. The van der Waals surface area contributed by atoms with Crippen LogP contribution in [0.3, 0.4) is 0 Å². The second kappa shape index (κ2) is 8.13. The van der Waals surface area contributed by atoms with Gasteiger partial charge in [0.15, 0.2) is 0 Å². The molecule has 2 rings (SSSR count). The van der Waals surface area contributed by atoms with Gasteiger partial charge in [-0.05, 0) is 50.1 Å². The van der Waals surface area contributed by atoms with Gasteiger partial charge in [-0.1, -0.05) is 59.7 Å². The lowest BCUT2D eigenvalue weighted by atomic mass is 10.1. The Morgan fingerprint density at radius 3 is 2.08 bits per heavy atom. The standard InChI is InChI=1S/C21H30BrNO2Si/c1-13(2)26(14(3)4,15(5)6)25-19-12-11-17-9-8-10-18(23-16(7)24)20(17)21(19)22/h8-15H,1-7H3,(H,23,24). The van der Waals surface area contributed by atoms with Gasteiger partial charge in [-0.3, -0.25) is 4.79 Å². The topological polar surface area (TPSA) is 38.3 Å². The molecule has 5 heteroatoms. The highest BCUT2D eigenvalue weighted by Gasteiger charge is 2.47. The predicted octanol–water partition coefficient (Wildman–Crippen LogP) is 7.12. The van der Waals surface area contributed by atoms with Crippen molar-refractivity contribution in [2.45, 2.75) is 65.1 Å². The number of hydrogen-bond acceptors (Lipinski definition) is 2. The third kappa shape index (κ3) is 3.84. The number of anilines is 1. The number of carbonyl (C=O) groups is 1. The summed E-state index contributed by atoms with van der Waals surface area (Å²) in [5, 5.41) is 4.99. The zero-order chi connectivity index (χ0) is 19.6. The van der Waals surface area contributed by atoms with Gasteiger partial charge in [0.25, 0.3) is 8.32 Å². The number of rotatable bonds is 6. The molecular formula is C21H30BrNO2Si. The summed E-state index contributed by atoms with van der Waals surface area (Å²) in [7, 11) is -2.05. The van der Waals surface area contributed by atoms with E-state index in [4.69, 9.17) is 4.43 Å². The van der Waals surface area contributed by atoms with Crippen LogP contribution in [0.25, 0.3) is 10.8 Å². The molecule has 0 bridgehead atoms. The van der Waals surface area contributed by atoms with Crippen molar-refractivity contribution in [3.05, 3.63) is 34.8 Å². The van der Waals surface area contributed by atoms with Crippen molar-refractivity contribution in [3.63, 3.8) is 0 Å². The molecule has 0 aliphatic rings. The summed E-state index contributed by atoms with van der Waals surface area (Å²) >= 11 is 3.77. The molecule has 3 nitrogen and oxygen atoms in total. The van der Waals surface area contributed by atoms with Crippen molar-refractivity contribution >= 4 is 46.6 Å². The van der Waals surface area contributed by atoms with Crippen LogP contribution in [0.2, 0.25) is 16.6 Å². The molecule has 0 saturated carbocycles. The summed E-state index contributed by atoms with van der Waals surface area (Å²) in [5.74, 6) is 0.795. The first-order valence-electron chi connectivity index (χ1n) is 9.29. The average Bonchev–Trinajstić information content (AvgIpc) is 2.52. The van der Waals surface area contributed by atoms with Crippen LogP contribution in [0.5, 0.6) is 5.75 Å². The number of carbonyl (C=O) groups excluding carboxylic acids is 1. The molecule has 0 aliphatic carbocycles. The SMILES string of the molecule is CC(=O)Nc1cccc2ccc(O[Si](C(C)C)(C(C)C)C(C)C)c(Br)c12. The number of nitrogens with one attached hydrogen (secondary N) is 1. The van der Waals surface area contributed by atoms with E-state index in [1.807, 2.05) is 18.2 Å². The van der Waals surface area contributed by atoms with Gasteiger partial charge in [0.05, 0.1) is 4.47 Å². The number of benzene rings is 2. The summed E-state index contributed by atoms with van der Waals surface area (Å²) in [5.41, 5.74) is 2.29. The first kappa shape index (κ1) is 21.0. The Kier molecular flexibility index (Phi) is 6.56. The van der Waals surface area contributed by atoms with Gasteiger partial charge in [-0.15, -0.1) is 0 Å². The lowest BCUT2D eigenvalue weighted by Crippen LogP contribution is -2.50. The molecule has 0 fully saturated rings. The van der Waals surface area contributed by atoms with E-state index >= 15 is 0 Å². The Morgan fingerprint density at radius 2 is 1.58 bits per heavy atom. The van der Waals surface area contributed by atoms with Gasteiger partial charge < -0.3 is 9.74 Å². The third-order valence-electron chi connectivity index (χ3n) is 5.25. The van der Waals surface area contributed by atoms with Crippen LogP contribution < -0.4 is 9.74 Å². The molecule has 26 heavy (non-hydrogen) atoms. The molecular weight excluding hydrogens is 406 g/mol. The summed E-state index contributed by atoms with van der Waals surface area (Å²) in [6.45, 7) is 15.2. The van der Waals surface area contributed by atoms with Crippen molar-refractivity contribution in [1.29, 1.82) is 0 Å². The van der Waals surface area contributed by atoms with Gasteiger partial charge in [0.2, 0.25) is 5.91 Å². The monoisotopic (exact) mass is 435 g/mol. The zero-order valence-corrected chi connectivity index (χ0v) is 19.4. The fraction of sp³-hybridized carbons (Fsp3) is 0.476. The van der Waals surface area contributed by atoms with Crippen molar-refractivity contribution in [1.82, 2.24) is 0 Å². The van der Waals surface area contributed by atoms with Crippen molar-refractivity contribution in [3.8, 4) is 5.75 Å². The highest BCUT2D eigenvalue weighted by Crippen LogP contribution is 2.46. The van der Waals surface area contributed by atoms with Crippen LogP contribution in [0.1, 0.15) is 48.5 Å². The quantitative estimate of drug-likeness (QED) is 0.490. The summed E-state index contributed by atoms with van der Waals surface area (Å²) in [6, 6.07) is 10.1. The number of halogens is 1. The molecule has 0 atom stereocenters. The zero-order valence-electron chi connectivity index (χ0n) is 16.8. The van der Waals surface area contributed by atoms with Gasteiger partial charge in [-0.25, -0.2) is 0 Å². The van der Waals surface area contributed by atoms with Gasteiger partial charge >= 0.3 is 0 Å². The number of fused-ring (bicyclic) bond motifs is 1. The third-order valence-corrected chi connectivity index (χ3v) is 12.0. The highest BCUT2D eigenvalue weighted by molar-refractivity contribution is 9.10. The largest absolute Gasteiger partial charge is 0.542 e. The lowest BCUT2D eigenvalue weighted by Gasteiger charge is -2.42. The minimum atomic E-state index is -2.05. The lowest BCUT2D eigenvalue weighted by molar-refractivity contribution is -0.114. The van der Waals surface area contributed by atoms with Crippen LogP contribution in [0.15, 0.2) is 34.8 Å². The van der Waals surface area contributed by atoms with Crippen LogP contribution in [-0.2, 0) is 4.79 Å². The number of amides is 1. The molecule has 1 amide bonds. The maximum absolute atomic E-state index is 11.6. The van der Waals surface area contributed by atoms with E-state index < -0.39 is 8.32 Å². The summed E-state index contributed by atoms with van der Waals surface area (Å²) in [4.78, 5) is 11.6. The second-order valence-electron chi connectivity index (χ2n) is 7.88. The van der Waals surface area contributed by atoms with Crippen molar-refractivity contribution < 1.29 is 9.22 Å². The molecule has 1 N–H and O–H groups in total. The van der Waals surface area contributed by atoms with Crippen LogP contribution in [-0.4, -0.2) is 14.2 Å². The normalized spacial score (nSPS) is 12.3. The van der Waals surface area contributed by atoms with E-state index in [0.29, 0.717) is 16.6 Å². The van der Waals surface area contributed by atoms with E-state index in [-0.39, 0.29) is 5.91 Å². The van der Waals surface area contributed by atoms with E-state index in [0.717, 1.165) is 26.7 Å². The first-order chi connectivity index (χ1) is 12.1. The molecule has 0 aromatic heterocycles. The Balaban J connectivity index is 2.63. The number of hydrogen-bond donors (Lipinski definition) is 1. The molecule has 0 heterocycles. The molecule has 0 unspecified atom stereocenters. The molecule has 2 aromatic rings. The minimum Gasteiger partial charge on any atom is -0.542 e. The summed E-state index contributed by atoms with van der Waals surface area (Å²) in [6.07, 6.45) is 0. The first-order valence-corrected chi connectivity index (χ1v) is 12.2. The van der Waals surface area contributed by atoms with E-state index in [9.17, 15) is 4.79 Å². The molecule has 0 saturated heterocycles. The Bertz CT molecular complexity index is 780. The average molecular weight is 436 g/mol. The van der Waals surface area contributed by atoms with Gasteiger partial charge in [0, 0.05) is 18.0 Å². The molecule has 142 valence electrons. The van der Waals surface area contributed by atoms with E-state index in [1.54, 1.807) is 0 Å². The molecule has 0 spiro atoms. The molecule has 0 aliphatic heterocycles. The minimum absolute atomic E-state index is 0.0778. The molecule has 2 aromatic carbocycles. The van der Waals surface area contributed by atoms with E-state index in [2.05, 4.69) is 74.9 Å². The molecule has 0 radical (unpaired) electrons. The predicted molar refractivity (Wildman–Crippen MR) is 118 cm³/mol. The highest BCUT2D eigenvalue weighted by atomic mass is 79.9. The van der Waals surface area contributed by atoms with E-state index in [1.165, 1.54) is 6.92 Å². The Hall–Kier alpha value is -1.33. The van der Waals surface area contributed by atoms with Crippen LogP contribution in [0.4, 0.5) is 5.69 Å². The smallest absolute Gasteiger partial charge is 0.258 e. The Morgan fingerprint density at radius 1 is 1.00 bits per heavy atom. The Labute approximate surface area is 166 Å². The fourth-order valence-corrected chi connectivity index (χ4v) is 10.3. The van der Waals surface area contributed by atoms with Crippen LogP contribution >= 0.6 is 15.9 Å². The summed E-state index contributed by atoms with van der Waals surface area (Å²) < 4.78 is 7.78. The van der Waals surface area contributed by atoms with Crippen molar-refractivity contribution in [2.24, 2.45) is 0 Å². The maximum atomic E-state index is 11.6. The van der Waals surface area contributed by atoms with Crippen LogP contribution in [0, 0.1) is 0 Å². The van der Waals surface area contributed by atoms with Gasteiger partial charge in [0.1, 0.15) is 5.75 Å².